The maximum Gasteiger partial charge on any atom is 0.416 e. The fraction of sp³-hybridized carbons (Fsp3) is 0.273. The van der Waals surface area contributed by atoms with Crippen molar-refractivity contribution in [2.45, 2.75) is 25.3 Å². The number of ether oxygens (including phenoxy) is 1. The molecule has 0 saturated carbocycles. The number of cyclic esters (lactones) is 1. The van der Waals surface area contributed by atoms with Crippen molar-refractivity contribution in [3.63, 3.8) is 0 Å². The molecule has 0 unspecified atom stereocenters. The SMILES string of the molecule is C=CC[C@@H](Cc1ccccc1)C(=O)N1C(=O)OC[C@@H]1Cc1ccccc1. The second-order valence-electron chi connectivity index (χ2n) is 6.54. The highest BCUT2D eigenvalue weighted by atomic mass is 16.6. The molecule has 2 aromatic rings. The summed E-state index contributed by atoms with van der Waals surface area (Å²) in [4.78, 5) is 26.7. The Labute approximate surface area is 154 Å². The second kappa shape index (κ2) is 8.48. The summed E-state index contributed by atoms with van der Waals surface area (Å²) in [6.07, 6.45) is 2.89. The summed E-state index contributed by atoms with van der Waals surface area (Å²) in [7, 11) is 0. The molecule has 134 valence electrons. The molecule has 1 aliphatic heterocycles. The second-order valence-corrected chi connectivity index (χ2v) is 6.54. The molecule has 0 bridgehead atoms. The highest BCUT2D eigenvalue weighted by Gasteiger charge is 2.40. The van der Waals surface area contributed by atoms with Crippen LogP contribution in [-0.2, 0) is 22.4 Å². The van der Waals surface area contributed by atoms with Crippen LogP contribution in [-0.4, -0.2) is 29.5 Å². The molecule has 0 aromatic heterocycles. The lowest BCUT2D eigenvalue weighted by molar-refractivity contribution is -0.133. The summed E-state index contributed by atoms with van der Waals surface area (Å²) in [5, 5.41) is 0. The van der Waals surface area contributed by atoms with Gasteiger partial charge in [-0.2, -0.15) is 0 Å². The van der Waals surface area contributed by atoms with Gasteiger partial charge in [-0.15, -0.1) is 6.58 Å². The Kier molecular flexibility index (Phi) is 5.84. The number of carbonyl (C=O) groups is 2. The van der Waals surface area contributed by atoms with Gasteiger partial charge in [-0.05, 0) is 30.4 Å². The molecule has 4 heteroatoms. The molecular weight excluding hydrogens is 326 g/mol. The van der Waals surface area contributed by atoms with Gasteiger partial charge in [0.2, 0.25) is 5.91 Å². The van der Waals surface area contributed by atoms with Crippen LogP contribution in [0.4, 0.5) is 4.79 Å². The highest BCUT2D eigenvalue weighted by Crippen LogP contribution is 2.23. The first-order chi connectivity index (χ1) is 12.7. The van der Waals surface area contributed by atoms with E-state index in [1.807, 2.05) is 60.7 Å². The molecule has 2 amide bonds. The lowest BCUT2D eigenvalue weighted by Crippen LogP contribution is -2.44. The van der Waals surface area contributed by atoms with Gasteiger partial charge in [0.1, 0.15) is 6.61 Å². The molecule has 1 heterocycles. The van der Waals surface area contributed by atoms with E-state index < -0.39 is 6.09 Å². The van der Waals surface area contributed by atoms with Crippen molar-refractivity contribution in [2.24, 2.45) is 5.92 Å². The number of imide groups is 1. The Morgan fingerprint density at radius 3 is 2.35 bits per heavy atom. The van der Waals surface area contributed by atoms with Crippen LogP contribution in [0.5, 0.6) is 0 Å². The fourth-order valence-electron chi connectivity index (χ4n) is 3.33. The predicted octanol–water partition coefficient (Wildman–Crippen LogP) is 4.01. The summed E-state index contributed by atoms with van der Waals surface area (Å²) in [6, 6.07) is 19.4. The minimum Gasteiger partial charge on any atom is -0.447 e. The average molecular weight is 349 g/mol. The van der Waals surface area contributed by atoms with Crippen LogP contribution in [0.3, 0.4) is 0 Å². The number of hydrogen-bond donors (Lipinski definition) is 0. The van der Waals surface area contributed by atoms with Gasteiger partial charge in [-0.1, -0.05) is 66.7 Å². The van der Waals surface area contributed by atoms with Gasteiger partial charge < -0.3 is 4.74 Å². The summed E-state index contributed by atoms with van der Waals surface area (Å²) in [6.45, 7) is 4.01. The summed E-state index contributed by atoms with van der Waals surface area (Å²) in [5.41, 5.74) is 2.15. The number of nitrogens with zero attached hydrogens (tertiary/aromatic N) is 1. The standard InChI is InChI=1S/C22H23NO3/c1-2-9-19(14-17-10-5-3-6-11-17)21(24)23-20(16-26-22(23)25)15-18-12-7-4-8-13-18/h2-8,10-13,19-20H,1,9,14-16H2/t19-,20-/m0/s1. The van der Waals surface area contributed by atoms with E-state index >= 15 is 0 Å². The van der Waals surface area contributed by atoms with E-state index in [9.17, 15) is 9.59 Å². The van der Waals surface area contributed by atoms with E-state index in [2.05, 4.69) is 6.58 Å². The molecule has 2 atom stereocenters. The summed E-state index contributed by atoms with van der Waals surface area (Å²) < 4.78 is 5.19. The summed E-state index contributed by atoms with van der Waals surface area (Å²) in [5.74, 6) is -0.504. The Morgan fingerprint density at radius 1 is 1.12 bits per heavy atom. The third kappa shape index (κ3) is 4.20. The van der Waals surface area contributed by atoms with E-state index in [-0.39, 0.29) is 24.5 Å². The maximum absolute atomic E-state index is 13.1. The molecule has 1 fully saturated rings. The smallest absolute Gasteiger partial charge is 0.416 e. The van der Waals surface area contributed by atoms with E-state index in [1.54, 1.807) is 6.08 Å². The Bertz CT molecular complexity index is 757. The number of rotatable bonds is 7. The van der Waals surface area contributed by atoms with Gasteiger partial charge in [0.05, 0.1) is 6.04 Å². The maximum atomic E-state index is 13.1. The minimum absolute atomic E-state index is 0.183. The topological polar surface area (TPSA) is 46.6 Å². The monoisotopic (exact) mass is 349 g/mol. The van der Waals surface area contributed by atoms with Crippen molar-refractivity contribution in [1.29, 1.82) is 0 Å². The van der Waals surface area contributed by atoms with Gasteiger partial charge in [0, 0.05) is 5.92 Å². The number of hydrogen-bond acceptors (Lipinski definition) is 3. The van der Waals surface area contributed by atoms with Crippen LogP contribution in [0.1, 0.15) is 17.5 Å². The molecule has 4 nitrogen and oxygen atoms in total. The van der Waals surface area contributed by atoms with Crippen LogP contribution < -0.4 is 0 Å². The van der Waals surface area contributed by atoms with Crippen molar-refractivity contribution >= 4 is 12.0 Å². The predicted molar refractivity (Wildman–Crippen MR) is 101 cm³/mol. The van der Waals surface area contributed by atoms with Crippen molar-refractivity contribution in [2.75, 3.05) is 6.61 Å². The Balaban J connectivity index is 1.77. The molecule has 0 N–H and O–H groups in total. The van der Waals surface area contributed by atoms with E-state index in [4.69, 9.17) is 4.74 Å². The van der Waals surface area contributed by atoms with E-state index in [0.717, 1.165) is 11.1 Å². The van der Waals surface area contributed by atoms with Crippen molar-refractivity contribution in [1.82, 2.24) is 4.90 Å². The van der Waals surface area contributed by atoms with Gasteiger partial charge >= 0.3 is 6.09 Å². The quantitative estimate of drug-likeness (QED) is 0.710. The van der Waals surface area contributed by atoms with Crippen molar-refractivity contribution < 1.29 is 14.3 Å². The van der Waals surface area contributed by atoms with Gasteiger partial charge in [-0.3, -0.25) is 4.79 Å². The molecule has 2 aromatic carbocycles. The molecule has 0 radical (unpaired) electrons. The molecule has 1 saturated heterocycles. The highest BCUT2D eigenvalue weighted by molar-refractivity contribution is 5.95. The minimum atomic E-state index is -0.543. The molecule has 1 aliphatic rings. The van der Waals surface area contributed by atoms with Crippen molar-refractivity contribution in [3.8, 4) is 0 Å². The number of carbonyl (C=O) groups excluding carboxylic acids is 2. The van der Waals surface area contributed by atoms with Crippen LogP contribution in [0, 0.1) is 5.92 Å². The van der Waals surface area contributed by atoms with Crippen molar-refractivity contribution in [3.05, 3.63) is 84.4 Å². The third-order valence-electron chi connectivity index (χ3n) is 4.64. The van der Waals surface area contributed by atoms with Crippen LogP contribution >= 0.6 is 0 Å². The number of amides is 2. The van der Waals surface area contributed by atoms with Crippen LogP contribution in [0.25, 0.3) is 0 Å². The first-order valence-corrected chi connectivity index (χ1v) is 8.87. The Hall–Kier alpha value is -2.88. The molecule has 3 rings (SSSR count). The van der Waals surface area contributed by atoms with Gasteiger partial charge in [0.25, 0.3) is 0 Å². The average Bonchev–Trinajstić information content (AvgIpc) is 3.02. The normalized spacial score (nSPS) is 17.6. The number of allylic oxidation sites excluding steroid dienone is 1. The van der Waals surface area contributed by atoms with Crippen LogP contribution in [0.2, 0.25) is 0 Å². The lowest BCUT2D eigenvalue weighted by Gasteiger charge is -2.24. The molecule has 0 spiro atoms. The first-order valence-electron chi connectivity index (χ1n) is 8.87. The van der Waals surface area contributed by atoms with Crippen LogP contribution in [0.15, 0.2) is 73.3 Å². The summed E-state index contributed by atoms with van der Waals surface area (Å²) >= 11 is 0. The molecule has 0 aliphatic carbocycles. The zero-order chi connectivity index (χ0) is 18.4. The molecule has 26 heavy (non-hydrogen) atoms. The third-order valence-corrected chi connectivity index (χ3v) is 4.64. The lowest BCUT2D eigenvalue weighted by atomic mass is 9.94. The number of benzene rings is 2. The largest absolute Gasteiger partial charge is 0.447 e. The molecular formula is C22H23NO3. The van der Waals surface area contributed by atoms with Gasteiger partial charge in [0.15, 0.2) is 0 Å². The van der Waals surface area contributed by atoms with E-state index in [0.29, 0.717) is 19.3 Å². The first kappa shape index (κ1) is 17.9. The Morgan fingerprint density at radius 2 is 1.73 bits per heavy atom. The van der Waals surface area contributed by atoms with Gasteiger partial charge in [-0.25, -0.2) is 9.69 Å². The zero-order valence-corrected chi connectivity index (χ0v) is 14.7. The van der Waals surface area contributed by atoms with E-state index in [1.165, 1.54) is 4.90 Å². The fourth-order valence-corrected chi connectivity index (χ4v) is 3.33. The zero-order valence-electron chi connectivity index (χ0n) is 14.7.